The summed E-state index contributed by atoms with van der Waals surface area (Å²) in [5.74, 6) is 0.390. The molecule has 3 aliphatic heterocycles. The molecule has 4 heterocycles. The molecule has 2 aromatic rings. The molecule has 3 aliphatic rings. The zero-order valence-corrected chi connectivity index (χ0v) is 14.3. The lowest BCUT2D eigenvalue weighted by atomic mass is 9.83. The molecule has 0 aliphatic carbocycles. The molecule has 126 valence electrons. The number of ether oxygens (including phenoxy) is 1. The van der Waals surface area contributed by atoms with Crippen LogP contribution in [0, 0.1) is 5.92 Å². The fraction of sp³-hybridized carbons (Fsp3) is 0.500. The summed E-state index contributed by atoms with van der Waals surface area (Å²) in [5.41, 5.74) is 5.59. The van der Waals surface area contributed by atoms with Gasteiger partial charge in [-0.05, 0) is 49.9 Å². The van der Waals surface area contributed by atoms with Crippen molar-refractivity contribution in [1.29, 1.82) is 0 Å². The van der Waals surface area contributed by atoms with Gasteiger partial charge >= 0.3 is 0 Å². The summed E-state index contributed by atoms with van der Waals surface area (Å²) >= 11 is 0. The first-order valence-corrected chi connectivity index (χ1v) is 9.00. The highest BCUT2D eigenvalue weighted by atomic mass is 16.6. The van der Waals surface area contributed by atoms with Crippen molar-refractivity contribution in [1.82, 2.24) is 9.47 Å². The summed E-state index contributed by atoms with van der Waals surface area (Å²) in [6.45, 7) is 3.17. The number of likely N-dealkylation sites (N-methyl/N-ethyl adjacent to an activating group) is 1. The lowest BCUT2D eigenvalue weighted by Crippen LogP contribution is -2.37. The van der Waals surface area contributed by atoms with Crippen molar-refractivity contribution in [2.24, 2.45) is 5.92 Å². The van der Waals surface area contributed by atoms with Crippen LogP contribution in [0.3, 0.4) is 0 Å². The van der Waals surface area contributed by atoms with E-state index < -0.39 is 6.29 Å². The minimum absolute atomic E-state index is 0.0268. The zero-order chi connectivity index (χ0) is 16.4. The van der Waals surface area contributed by atoms with Crippen LogP contribution in [0.15, 0.2) is 29.8 Å². The Hall–Kier alpha value is -1.62. The van der Waals surface area contributed by atoms with Crippen LogP contribution in [0.1, 0.15) is 37.1 Å². The number of hydrogen-bond donors (Lipinski definition) is 1. The Bertz CT molecular complexity index is 838. The second-order valence-electron chi connectivity index (χ2n) is 7.53. The number of aliphatic hydroxyl groups excluding tert-OH is 1. The van der Waals surface area contributed by atoms with Crippen LogP contribution in [-0.4, -0.2) is 40.6 Å². The van der Waals surface area contributed by atoms with Crippen molar-refractivity contribution < 1.29 is 9.84 Å². The molecule has 0 spiro atoms. The van der Waals surface area contributed by atoms with E-state index >= 15 is 0 Å². The number of rotatable bonds is 0. The Kier molecular flexibility index (Phi) is 3.18. The molecule has 1 N–H and O–H groups in total. The third-order valence-corrected chi connectivity index (χ3v) is 6.19. The molecule has 0 saturated carbocycles. The first-order valence-electron chi connectivity index (χ1n) is 9.00. The second kappa shape index (κ2) is 5.19. The fourth-order valence-electron chi connectivity index (χ4n) is 5.00. The monoisotopic (exact) mass is 324 g/mol. The molecule has 0 bridgehead atoms. The van der Waals surface area contributed by atoms with Crippen LogP contribution >= 0.6 is 0 Å². The lowest BCUT2D eigenvalue weighted by Gasteiger charge is -2.38. The minimum Gasteiger partial charge on any atom is -0.368 e. The topological polar surface area (TPSA) is 37.6 Å². The molecular formula is C20H24N2O2. The Morgan fingerprint density at radius 2 is 2.04 bits per heavy atom. The van der Waals surface area contributed by atoms with Gasteiger partial charge in [0.25, 0.3) is 0 Å². The van der Waals surface area contributed by atoms with Crippen LogP contribution in [0.5, 0.6) is 0 Å². The molecule has 24 heavy (non-hydrogen) atoms. The van der Waals surface area contributed by atoms with Gasteiger partial charge in [-0.3, -0.25) is 4.90 Å². The van der Waals surface area contributed by atoms with Crippen LogP contribution < -0.4 is 0 Å². The molecule has 1 saturated heterocycles. The predicted octanol–water partition coefficient (Wildman–Crippen LogP) is 3.16. The van der Waals surface area contributed by atoms with Gasteiger partial charge in [0.1, 0.15) is 0 Å². The standard InChI is InChI=1S/C20H24N2O2/c1-12-16-11-22-17-6-4-3-5-14(17)15-7-8-21(2)18(20(15)22)9-13(16)10-19(23)24-12/h3-6,11-13,18-19,23H,7-10H2,1-2H3/t12-,13+,18+,19-/m1/s1. The maximum absolute atomic E-state index is 10.1. The minimum atomic E-state index is -0.635. The quantitative estimate of drug-likeness (QED) is 0.809. The smallest absolute Gasteiger partial charge is 0.155 e. The van der Waals surface area contributed by atoms with Gasteiger partial charge in [-0.25, -0.2) is 0 Å². The van der Waals surface area contributed by atoms with Gasteiger partial charge in [0, 0.05) is 30.2 Å². The van der Waals surface area contributed by atoms with E-state index in [1.807, 2.05) is 0 Å². The number of nitrogens with zero attached hydrogens (tertiary/aromatic N) is 2. The summed E-state index contributed by atoms with van der Waals surface area (Å²) in [6, 6.07) is 9.17. The third-order valence-electron chi connectivity index (χ3n) is 6.19. The number of aromatic nitrogens is 1. The summed E-state index contributed by atoms with van der Waals surface area (Å²) < 4.78 is 8.13. The number of benzene rings is 1. The molecule has 5 rings (SSSR count). The number of fused-ring (bicyclic) bond motifs is 4. The van der Waals surface area contributed by atoms with Crippen LogP contribution in [0.25, 0.3) is 17.1 Å². The highest BCUT2D eigenvalue weighted by Gasteiger charge is 2.39. The largest absolute Gasteiger partial charge is 0.368 e. The third kappa shape index (κ3) is 1.97. The van der Waals surface area contributed by atoms with E-state index in [1.165, 1.54) is 27.7 Å². The summed E-state index contributed by atoms with van der Waals surface area (Å²) in [5, 5.41) is 11.5. The first-order chi connectivity index (χ1) is 11.6. The van der Waals surface area contributed by atoms with E-state index in [1.54, 1.807) is 0 Å². The van der Waals surface area contributed by atoms with Gasteiger partial charge in [-0.15, -0.1) is 0 Å². The van der Waals surface area contributed by atoms with Crippen molar-refractivity contribution >= 4 is 17.1 Å². The molecule has 0 unspecified atom stereocenters. The fourth-order valence-corrected chi connectivity index (χ4v) is 5.00. The van der Waals surface area contributed by atoms with E-state index in [4.69, 9.17) is 4.74 Å². The Balaban J connectivity index is 1.78. The van der Waals surface area contributed by atoms with E-state index in [0.29, 0.717) is 18.4 Å². The van der Waals surface area contributed by atoms with E-state index in [0.717, 1.165) is 19.4 Å². The summed E-state index contributed by atoms with van der Waals surface area (Å²) in [6.07, 6.45) is 4.53. The molecular weight excluding hydrogens is 300 g/mol. The van der Waals surface area contributed by atoms with Gasteiger partial charge in [0.15, 0.2) is 6.29 Å². The van der Waals surface area contributed by atoms with E-state index in [9.17, 15) is 5.11 Å². The Morgan fingerprint density at radius 1 is 1.21 bits per heavy atom. The van der Waals surface area contributed by atoms with Crippen molar-refractivity contribution in [3.63, 3.8) is 0 Å². The lowest BCUT2D eigenvalue weighted by molar-refractivity contribution is -0.150. The SMILES string of the molecule is C[C@H]1O[C@@H](O)C[C@@H]2C[C@H]3c4c(c5ccccc5n4C=C21)CCN3C. The molecule has 0 radical (unpaired) electrons. The summed E-state index contributed by atoms with van der Waals surface area (Å²) in [4.78, 5) is 2.49. The highest BCUT2D eigenvalue weighted by molar-refractivity contribution is 5.88. The van der Waals surface area contributed by atoms with Crippen LogP contribution in [-0.2, 0) is 11.2 Å². The summed E-state index contributed by atoms with van der Waals surface area (Å²) in [7, 11) is 2.24. The van der Waals surface area contributed by atoms with Gasteiger partial charge in [-0.1, -0.05) is 18.2 Å². The van der Waals surface area contributed by atoms with Crippen molar-refractivity contribution in [2.75, 3.05) is 13.6 Å². The molecule has 4 nitrogen and oxygen atoms in total. The molecule has 0 amide bonds. The second-order valence-corrected chi connectivity index (χ2v) is 7.53. The van der Waals surface area contributed by atoms with Crippen molar-refractivity contribution in [3.05, 3.63) is 41.1 Å². The van der Waals surface area contributed by atoms with Gasteiger partial charge in [0.05, 0.1) is 17.7 Å². The first kappa shape index (κ1) is 14.7. The zero-order valence-electron chi connectivity index (χ0n) is 14.3. The van der Waals surface area contributed by atoms with Crippen molar-refractivity contribution in [3.8, 4) is 0 Å². The molecule has 4 heteroatoms. The van der Waals surface area contributed by atoms with Crippen LogP contribution in [0.4, 0.5) is 0 Å². The maximum Gasteiger partial charge on any atom is 0.155 e. The Morgan fingerprint density at radius 3 is 2.92 bits per heavy atom. The highest BCUT2D eigenvalue weighted by Crippen LogP contribution is 2.46. The van der Waals surface area contributed by atoms with Gasteiger partial charge < -0.3 is 14.4 Å². The average molecular weight is 324 g/mol. The van der Waals surface area contributed by atoms with E-state index in [2.05, 4.69) is 53.9 Å². The van der Waals surface area contributed by atoms with Gasteiger partial charge in [-0.2, -0.15) is 0 Å². The van der Waals surface area contributed by atoms with Crippen molar-refractivity contribution in [2.45, 2.75) is 44.6 Å². The molecule has 1 aromatic heterocycles. The number of para-hydroxylation sites is 1. The predicted molar refractivity (Wildman–Crippen MR) is 94.6 cm³/mol. The normalized spacial score (nSPS) is 32.9. The molecule has 4 atom stereocenters. The maximum atomic E-state index is 10.1. The molecule has 1 aromatic carbocycles. The number of aliphatic hydroxyl groups is 1. The Labute approximate surface area is 142 Å². The average Bonchev–Trinajstić information content (AvgIpc) is 2.75. The number of hydrogen-bond acceptors (Lipinski definition) is 3. The van der Waals surface area contributed by atoms with E-state index in [-0.39, 0.29) is 6.10 Å². The van der Waals surface area contributed by atoms with Gasteiger partial charge in [0.2, 0.25) is 0 Å². The van der Waals surface area contributed by atoms with Crippen LogP contribution in [0.2, 0.25) is 0 Å². The molecule has 1 fully saturated rings.